The van der Waals surface area contributed by atoms with Crippen LogP contribution in [0.5, 0.6) is 0 Å². The summed E-state index contributed by atoms with van der Waals surface area (Å²) in [6, 6.07) is 0. The first-order valence-corrected chi connectivity index (χ1v) is 4.21. The summed E-state index contributed by atoms with van der Waals surface area (Å²) in [6.07, 6.45) is 12.6. The van der Waals surface area contributed by atoms with Crippen molar-refractivity contribution in [1.82, 2.24) is 9.55 Å². The van der Waals surface area contributed by atoms with Crippen molar-refractivity contribution in [3.63, 3.8) is 0 Å². The molecule has 0 unspecified atom stereocenters. The van der Waals surface area contributed by atoms with Crippen LogP contribution in [0.1, 0.15) is 18.7 Å². The van der Waals surface area contributed by atoms with Crippen molar-refractivity contribution in [2.45, 2.75) is 12.8 Å². The van der Waals surface area contributed by atoms with E-state index in [0.717, 1.165) is 12.2 Å². The number of hydrogen-bond donors (Lipinski definition) is 0. The lowest BCUT2D eigenvalue weighted by Crippen LogP contribution is -1.89. The van der Waals surface area contributed by atoms with Crippen LogP contribution < -0.4 is 0 Å². The maximum absolute atomic E-state index is 4.23. The fraction of sp³-hybridized carbons (Fsp3) is 0.300. The Morgan fingerprint density at radius 1 is 1.58 bits per heavy atom. The molecule has 2 nitrogen and oxygen atoms in total. The number of aromatic nitrogens is 2. The molecular weight excluding hydrogens is 148 g/mol. The molecule has 1 aromatic heterocycles. The second-order valence-electron chi connectivity index (χ2n) is 3.06. The van der Waals surface area contributed by atoms with Crippen LogP contribution in [-0.4, -0.2) is 9.55 Å². The zero-order valence-corrected chi connectivity index (χ0v) is 7.20. The summed E-state index contributed by atoms with van der Waals surface area (Å²) in [5, 5.41) is 0. The molecule has 0 spiro atoms. The fourth-order valence-electron chi connectivity index (χ4n) is 1.37. The largest absolute Gasteiger partial charge is 0.335 e. The van der Waals surface area contributed by atoms with Crippen LogP contribution in [0.25, 0.3) is 6.08 Å². The van der Waals surface area contributed by atoms with E-state index in [9.17, 15) is 0 Å². The minimum atomic E-state index is 1.04. The number of aryl methyl sites for hydroxylation is 1. The molecule has 2 heteroatoms. The van der Waals surface area contributed by atoms with Gasteiger partial charge in [0, 0.05) is 19.4 Å². The molecule has 0 bridgehead atoms. The summed E-state index contributed by atoms with van der Waals surface area (Å²) < 4.78 is 2.03. The molecule has 0 aliphatic heterocycles. The van der Waals surface area contributed by atoms with E-state index < -0.39 is 0 Å². The minimum Gasteiger partial charge on any atom is -0.335 e. The molecule has 0 saturated carbocycles. The van der Waals surface area contributed by atoms with E-state index in [2.05, 4.69) is 23.2 Å². The van der Waals surface area contributed by atoms with Crippen molar-refractivity contribution in [2.75, 3.05) is 0 Å². The Hall–Kier alpha value is -1.31. The zero-order valence-electron chi connectivity index (χ0n) is 7.20. The van der Waals surface area contributed by atoms with Crippen LogP contribution in [-0.2, 0) is 7.05 Å². The van der Waals surface area contributed by atoms with E-state index in [1.54, 1.807) is 0 Å². The van der Waals surface area contributed by atoms with Crippen LogP contribution in [0.4, 0.5) is 0 Å². The highest BCUT2D eigenvalue weighted by atomic mass is 15.0. The lowest BCUT2D eigenvalue weighted by molar-refractivity contribution is 0.895. The van der Waals surface area contributed by atoms with Crippen molar-refractivity contribution in [2.24, 2.45) is 7.05 Å². The SMILES string of the molecule is Cn1ccnc1/C=C1\C=CCC1. The van der Waals surface area contributed by atoms with Crippen LogP contribution in [0.15, 0.2) is 30.1 Å². The van der Waals surface area contributed by atoms with Gasteiger partial charge in [0.15, 0.2) is 0 Å². The fourth-order valence-corrected chi connectivity index (χ4v) is 1.37. The second kappa shape index (κ2) is 2.97. The van der Waals surface area contributed by atoms with Gasteiger partial charge in [0.05, 0.1) is 0 Å². The molecule has 62 valence electrons. The molecule has 1 aromatic rings. The topological polar surface area (TPSA) is 17.8 Å². The highest BCUT2D eigenvalue weighted by Gasteiger charge is 2.01. The number of allylic oxidation sites excluding steroid dienone is 3. The van der Waals surface area contributed by atoms with E-state index in [1.165, 1.54) is 12.0 Å². The molecule has 0 N–H and O–H groups in total. The molecule has 1 aliphatic rings. The van der Waals surface area contributed by atoms with E-state index in [0.29, 0.717) is 0 Å². The van der Waals surface area contributed by atoms with Gasteiger partial charge in [0.25, 0.3) is 0 Å². The van der Waals surface area contributed by atoms with Gasteiger partial charge in [-0.25, -0.2) is 4.98 Å². The summed E-state index contributed by atoms with van der Waals surface area (Å²) in [5.74, 6) is 1.04. The van der Waals surface area contributed by atoms with Crippen LogP contribution in [0.2, 0.25) is 0 Å². The van der Waals surface area contributed by atoms with Crippen LogP contribution in [0, 0.1) is 0 Å². The molecule has 0 amide bonds. The molecule has 0 fully saturated rings. The molecule has 1 aliphatic carbocycles. The van der Waals surface area contributed by atoms with Gasteiger partial charge in [-0.05, 0) is 24.5 Å². The van der Waals surface area contributed by atoms with Gasteiger partial charge >= 0.3 is 0 Å². The van der Waals surface area contributed by atoms with Gasteiger partial charge in [-0.2, -0.15) is 0 Å². The zero-order chi connectivity index (χ0) is 8.39. The van der Waals surface area contributed by atoms with Gasteiger partial charge in [0.1, 0.15) is 5.82 Å². The van der Waals surface area contributed by atoms with Crippen molar-refractivity contribution in [3.8, 4) is 0 Å². The van der Waals surface area contributed by atoms with Gasteiger partial charge in [-0.1, -0.05) is 12.2 Å². The first kappa shape index (κ1) is 7.35. The summed E-state index contributed by atoms with van der Waals surface area (Å²) in [5.41, 5.74) is 1.38. The van der Waals surface area contributed by atoms with Gasteiger partial charge in [-0.3, -0.25) is 0 Å². The first-order chi connectivity index (χ1) is 5.86. The molecule has 0 aromatic carbocycles. The third-order valence-corrected chi connectivity index (χ3v) is 2.10. The Morgan fingerprint density at radius 2 is 2.50 bits per heavy atom. The van der Waals surface area contributed by atoms with Crippen molar-refractivity contribution >= 4 is 6.08 Å². The number of imidazole rings is 1. The normalized spacial score (nSPS) is 19.2. The minimum absolute atomic E-state index is 1.04. The van der Waals surface area contributed by atoms with E-state index >= 15 is 0 Å². The third kappa shape index (κ3) is 1.33. The quantitative estimate of drug-likeness (QED) is 0.615. The Bertz CT molecular complexity index is 331. The molecule has 12 heavy (non-hydrogen) atoms. The molecule has 0 atom stereocenters. The third-order valence-electron chi connectivity index (χ3n) is 2.10. The standard InChI is InChI=1S/C10H12N2/c1-12-7-6-11-10(12)8-9-4-2-3-5-9/h2,4,6-8H,3,5H2,1H3/b9-8+. The van der Waals surface area contributed by atoms with E-state index in [4.69, 9.17) is 0 Å². The maximum atomic E-state index is 4.23. The predicted molar refractivity (Wildman–Crippen MR) is 49.6 cm³/mol. The van der Waals surface area contributed by atoms with E-state index in [1.807, 2.05) is 24.0 Å². The summed E-state index contributed by atoms with van der Waals surface area (Å²) >= 11 is 0. The molecule has 0 radical (unpaired) electrons. The summed E-state index contributed by atoms with van der Waals surface area (Å²) in [6.45, 7) is 0. The van der Waals surface area contributed by atoms with Crippen molar-refractivity contribution in [1.29, 1.82) is 0 Å². The van der Waals surface area contributed by atoms with Crippen molar-refractivity contribution in [3.05, 3.63) is 35.9 Å². The van der Waals surface area contributed by atoms with Crippen molar-refractivity contribution < 1.29 is 0 Å². The molecule has 2 rings (SSSR count). The van der Waals surface area contributed by atoms with Crippen LogP contribution >= 0.6 is 0 Å². The molecule has 0 saturated heterocycles. The number of hydrogen-bond acceptors (Lipinski definition) is 1. The Kier molecular flexibility index (Phi) is 1.82. The monoisotopic (exact) mass is 160 g/mol. The Labute approximate surface area is 72.2 Å². The number of nitrogens with zero attached hydrogens (tertiary/aromatic N) is 2. The predicted octanol–water partition coefficient (Wildman–Crippen LogP) is 2.15. The highest BCUT2D eigenvalue weighted by molar-refractivity contribution is 5.51. The average Bonchev–Trinajstić information content (AvgIpc) is 2.65. The highest BCUT2D eigenvalue weighted by Crippen LogP contribution is 2.17. The number of rotatable bonds is 1. The summed E-state index contributed by atoms with van der Waals surface area (Å²) in [7, 11) is 2.01. The maximum Gasteiger partial charge on any atom is 0.132 e. The smallest absolute Gasteiger partial charge is 0.132 e. The van der Waals surface area contributed by atoms with Crippen LogP contribution in [0.3, 0.4) is 0 Å². The van der Waals surface area contributed by atoms with Gasteiger partial charge in [0.2, 0.25) is 0 Å². The lowest BCUT2D eigenvalue weighted by atomic mass is 10.2. The Balaban J connectivity index is 2.27. The lowest BCUT2D eigenvalue weighted by Gasteiger charge is -1.95. The summed E-state index contributed by atoms with van der Waals surface area (Å²) in [4.78, 5) is 4.23. The Morgan fingerprint density at radius 3 is 3.08 bits per heavy atom. The van der Waals surface area contributed by atoms with Gasteiger partial charge < -0.3 is 4.57 Å². The van der Waals surface area contributed by atoms with E-state index in [-0.39, 0.29) is 0 Å². The average molecular weight is 160 g/mol. The first-order valence-electron chi connectivity index (χ1n) is 4.21. The molecular formula is C10H12N2. The second-order valence-corrected chi connectivity index (χ2v) is 3.06. The van der Waals surface area contributed by atoms with Gasteiger partial charge in [-0.15, -0.1) is 0 Å². The molecule has 1 heterocycles.